The zero-order chi connectivity index (χ0) is 20.8. The Morgan fingerprint density at radius 3 is 2.66 bits per heavy atom. The summed E-state index contributed by atoms with van der Waals surface area (Å²) < 4.78 is 5.98. The normalized spacial score (nSPS) is 10.7. The number of rotatable bonds is 5. The van der Waals surface area contributed by atoms with Crippen LogP contribution >= 0.6 is 0 Å². The van der Waals surface area contributed by atoms with Crippen LogP contribution in [0.3, 0.4) is 0 Å². The molecule has 3 aromatic rings. The van der Waals surface area contributed by atoms with Crippen LogP contribution in [0.2, 0.25) is 0 Å². The number of urea groups is 1. The van der Waals surface area contributed by atoms with E-state index in [1.165, 1.54) is 13.2 Å². The molecule has 1 aromatic heterocycles. The lowest BCUT2D eigenvalue weighted by Gasteiger charge is -2.10. The molecule has 148 valence electrons. The molecule has 10 nitrogen and oxygen atoms in total. The number of hydrazone groups is 1. The van der Waals surface area contributed by atoms with Crippen molar-refractivity contribution in [2.45, 2.75) is 0 Å². The molecule has 0 bridgehead atoms. The van der Waals surface area contributed by atoms with E-state index in [4.69, 9.17) is 4.74 Å². The third-order valence-corrected chi connectivity index (χ3v) is 3.82. The molecule has 1 heterocycles. The molecule has 0 aliphatic heterocycles. The molecule has 0 aliphatic carbocycles. The fourth-order valence-electron chi connectivity index (χ4n) is 2.48. The lowest BCUT2D eigenvalue weighted by Crippen LogP contribution is -2.32. The SMILES string of the molecule is COc1cccc(-n2c(O)c(/C=N/NC(=O)Nc3ccccc3)c(=O)[nH]c2=O)c1. The summed E-state index contributed by atoms with van der Waals surface area (Å²) in [5, 5.41) is 16.6. The van der Waals surface area contributed by atoms with Crippen LogP contribution in [0.5, 0.6) is 11.6 Å². The van der Waals surface area contributed by atoms with Gasteiger partial charge in [-0.15, -0.1) is 0 Å². The summed E-state index contributed by atoms with van der Waals surface area (Å²) in [6.45, 7) is 0. The molecule has 0 saturated carbocycles. The van der Waals surface area contributed by atoms with Gasteiger partial charge in [0.15, 0.2) is 0 Å². The van der Waals surface area contributed by atoms with Gasteiger partial charge in [0.2, 0.25) is 5.88 Å². The number of hydrogen-bond donors (Lipinski definition) is 4. The van der Waals surface area contributed by atoms with Gasteiger partial charge in [-0.2, -0.15) is 5.10 Å². The topological polar surface area (TPSA) is 138 Å². The van der Waals surface area contributed by atoms with Crippen LogP contribution in [-0.4, -0.2) is 34.0 Å². The summed E-state index contributed by atoms with van der Waals surface area (Å²) in [5.74, 6) is -0.185. The number of para-hydroxylation sites is 1. The lowest BCUT2D eigenvalue weighted by atomic mass is 10.2. The highest BCUT2D eigenvalue weighted by Crippen LogP contribution is 2.19. The van der Waals surface area contributed by atoms with Gasteiger partial charge in [0.1, 0.15) is 11.3 Å². The van der Waals surface area contributed by atoms with Crippen molar-refractivity contribution in [1.82, 2.24) is 15.0 Å². The van der Waals surface area contributed by atoms with Crippen LogP contribution in [0, 0.1) is 0 Å². The van der Waals surface area contributed by atoms with Crippen LogP contribution in [-0.2, 0) is 0 Å². The van der Waals surface area contributed by atoms with Crippen molar-refractivity contribution in [3.05, 3.63) is 81.0 Å². The van der Waals surface area contributed by atoms with Gasteiger partial charge in [-0.3, -0.25) is 9.78 Å². The highest BCUT2D eigenvalue weighted by atomic mass is 16.5. The minimum atomic E-state index is -0.860. The standard InChI is InChI=1S/C19H17N5O5/c1-29-14-9-5-8-13(10-14)24-17(26)15(16(25)22-19(24)28)11-20-23-18(27)21-12-6-3-2-4-7-12/h2-11,26H,1H3,(H2,21,23,27)(H,22,25,28)/b20-11+. The number of methoxy groups -OCH3 is 1. The van der Waals surface area contributed by atoms with Gasteiger partial charge in [-0.25, -0.2) is 19.6 Å². The number of nitrogens with one attached hydrogen (secondary N) is 3. The van der Waals surface area contributed by atoms with E-state index < -0.39 is 23.2 Å². The van der Waals surface area contributed by atoms with Crippen molar-refractivity contribution in [3.8, 4) is 17.3 Å². The number of H-pyrrole nitrogens is 1. The van der Waals surface area contributed by atoms with E-state index >= 15 is 0 Å². The number of hydrogen-bond acceptors (Lipinski definition) is 6. The first-order valence-electron chi connectivity index (χ1n) is 8.37. The number of ether oxygens (including phenoxy) is 1. The van der Waals surface area contributed by atoms with Crippen LogP contribution < -0.4 is 26.7 Å². The van der Waals surface area contributed by atoms with Gasteiger partial charge in [0, 0.05) is 11.8 Å². The van der Waals surface area contributed by atoms with Gasteiger partial charge in [-0.05, 0) is 24.3 Å². The average molecular weight is 395 g/mol. The molecule has 10 heteroatoms. The van der Waals surface area contributed by atoms with E-state index in [2.05, 4.69) is 20.8 Å². The van der Waals surface area contributed by atoms with Gasteiger partial charge >= 0.3 is 11.7 Å². The number of carbonyl (C=O) groups is 1. The van der Waals surface area contributed by atoms with Crippen molar-refractivity contribution in [1.29, 1.82) is 0 Å². The zero-order valence-electron chi connectivity index (χ0n) is 15.2. The summed E-state index contributed by atoms with van der Waals surface area (Å²) in [7, 11) is 1.46. The minimum Gasteiger partial charge on any atom is -0.497 e. The highest BCUT2D eigenvalue weighted by molar-refractivity contribution is 5.90. The second-order valence-corrected chi connectivity index (χ2v) is 5.72. The second-order valence-electron chi connectivity index (χ2n) is 5.72. The molecule has 29 heavy (non-hydrogen) atoms. The van der Waals surface area contributed by atoms with E-state index in [0.717, 1.165) is 10.8 Å². The molecular formula is C19H17N5O5. The van der Waals surface area contributed by atoms with Gasteiger partial charge in [-0.1, -0.05) is 24.3 Å². The van der Waals surface area contributed by atoms with Crippen LogP contribution in [0.25, 0.3) is 5.69 Å². The van der Waals surface area contributed by atoms with Gasteiger partial charge < -0.3 is 15.2 Å². The summed E-state index contributed by atoms with van der Waals surface area (Å²) in [6, 6.07) is 14.4. The number of aromatic nitrogens is 2. The molecule has 0 radical (unpaired) electrons. The summed E-state index contributed by atoms with van der Waals surface area (Å²) in [6.07, 6.45) is 0.939. The van der Waals surface area contributed by atoms with Crippen molar-refractivity contribution in [2.75, 3.05) is 12.4 Å². The Morgan fingerprint density at radius 2 is 1.93 bits per heavy atom. The molecule has 3 rings (SSSR count). The highest BCUT2D eigenvalue weighted by Gasteiger charge is 2.14. The molecule has 0 unspecified atom stereocenters. The zero-order valence-corrected chi connectivity index (χ0v) is 15.2. The average Bonchev–Trinajstić information content (AvgIpc) is 2.71. The Labute approximate surface area is 164 Å². The molecule has 4 N–H and O–H groups in total. The fraction of sp³-hybridized carbons (Fsp3) is 0.0526. The van der Waals surface area contributed by atoms with E-state index in [-0.39, 0.29) is 11.3 Å². The first-order chi connectivity index (χ1) is 14.0. The third kappa shape index (κ3) is 4.50. The number of aromatic hydroxyl groups is 1. The number of amides is 2. The number of nitrogens with zero attached hydrogens (tertiary/aromatic N) is 2. The Bertz CT molecular complexity index is 1170. The van der Waals surface area contributed by atoms with Crippen LogP contribution in [0.4, 0.5) is 10.5 Å². The summed E-state index contributed by atoms with van der Waals surface area (Å²) >= 11 is 0. The number of benzene rings is 2. The third-order valence-electron chi connectivity index (χ3n) is 3.82. The smallest absolute Gasteiger partial charge is 0.339 e. The quantitative estimate of drug-likeness (QED) is 0.382. The van der Waals surface area contributed by atoms with E-state index in [9.17, 15) is 19.5 Å². The lowest BCUT2D eigenvalue weighted by molar-refractivity contribution is 0.252. The molecule has 2 amide bonds. The molecule has 0 atom stereocenters. The number of carbonyl (C=O) groups excluding carboxylic acids is 1. The Morgan fingerprint density at radius 1 is 1.17 bits per heavy atom. The summed E-state index contributed by atoms with van der Waals surface area (Å²) in [4.78, 5) is 38.2. The first-order valence-corrected chi connectivity index (χ1v) is 8.37. The molecule has 2 aromatic carbocycles. The molecule has 0 aliphatic rings. The Hall–Kier alpha value is -4.34. The maximum atomic E-state index is 12.2. The maximum Gasteiger partial charge on any atom is 0.339 e. The molecule has 0 fully saturated rings. The predicted molar refractivity (Wildman–Crippen MR) is 107 cm³/mol. The Balaban J connectivity index is 1.86. The molecule has 0 saturated heterocycles. The van der Waals surface area contributed by atoms with E-state index in [1.54, 1.807) is 48.5 Å². The maximum absolute atomic E-state index is 12.2. The van der Waals surface area contributed by atoms with Crippen LogP contribution in [0.15, 0.2) is 69.3 Å². The van der Waals surface area contributed by atoms with E-state index in [0.29, 0.717) is 11.4 Å². The number of anilines is 1. The minimum absolute atomic E-state index is 0.271. The Kier molecular flexibility index (Phi) is 5.74. The van der Waals surface area contributed by atoms with Crippen molar-refractivity contribution >= 4 is 17.9 Å². The largest absolute Gasteiger partial charge is 0.497 e. The summed E-state index contributed by atoms with van der Waals surface area (Å²) in [5.41, 5.74) is 0.981. The first kappa shape index (κ1) is 19.4. The van der Waals surface area contributed by atoms with Crippen molar-refractivity contribution in [2.24, 2.45) is 5.10 Å². The van der Waals surface area contributed by atoms with Crippen molar-refractivity contribution < 1.29 is 14.6 Å². The van der Waals surface area contributed by atoms with Gasteiger partial charge in [0.05, 0.1) is 19.0 Å². The van der Waals surface area contributed by atoms with Crippen LogP contribution in [0.1, 0.15) is 5.56 Å². The predicted octanol–water partition coefficient (Wildman–Crippen LogP) is 1.40. The monoisotopic (exact) mass is 395 g/mol. The van der Waals surface area contributed by atoms with Crippen molar-refractivity contribution in [3.63, 3.8) is 0 Å². The molecule has 0 spiro atoms. The molecular weight excluding hydrogens is 378 g/mol. The van der Waals surface area contributed by atoms with Gasteiger partial charge in [0.25, 0.3) is 5.56 Å². The fourth-order valence-corrected chi connectivity index (χ4v) is 2.48. The number of aromatic amines is 1. The van der Waals surface area contributed by atoms with E-state index in [1.807, 2.05) is 0 Å². The second kappa shape index (κ2) is 8.57.